The van der Waals surface area contributed by atoms with Crippen LogP contribution in [0, 0.1) is 5.82 Å². The monoisotopic (exact) mass is 491 g/mol. The first-order valence-electron chi connectivity index (χ1n) is 11.2. The van der Waals surface area contributed by atoms with Crippen LogP contribution < -0.4 is 21.3 Å². The summed E-state index contributed by atoms with van der Waals surface area (Å²) < 4.78 is 19.4. The van der Waals surface area contributed by atoms with Crippen molar-refractivity contribution in [2.45, 2.75) is 38.4 Å². The second-order valence-corrected chi connectivity index (χ2v) is 8.47. The van der Waals surface area contributed by atoms with E-state index in [-0.39, 0.29) is 37.2 Å². The normalized spacial score (nSPS) is 21.3. The van der Waals surface area contributed by atoms with Crippen LogP contribution in [0.5, 0.6) is 0 Å². The summed E-state index contributed by atoms with van der Waals surface area (Å²) >= 11 is 6.11. The van der Waals surface area contributed by atoms with Crippen molar-refractivity contribution in [3.63, 3.8) is 0 Å². The summed E-state index contributed by atoms with van der Waals surface area (Å²) in [6.07, 6.45) is 8.79. The van der Waals surface area contributed by atoms with Crippen LogP contribution in [-0.4, -0.2) is 65.3 Å². The van der Waals surface area contributed by atoms with Crippen LogP contribution in [0.15, 0.2) is 35.3 Å². The van der Waals surface area contributed by atoms with Crippen LogP contribution in [0.1, 0.15) is 32.0 Å². The minimum atomic E-state index is -0.588. The Bertz CT molecular complexity index is 1050. The number of dihydropyridines is 1. The summed E-state index contributed by atoms with van der Waals surface area (Å²) in [5.41, 5.74) is 1.58. The number of anilines is 1. The molecule has 4 N–H and O–H groups in total. The van der Waals surface area contributed by atoms with Crippen LogP contribution in [0.25, 0.3) is 5.57 Å². The van der Waals surface area contributed by atoms with Gasteiger partial charge in [0.2, 0.25) is 0 Å². The van der Waals surface area contributed by atoms with E-state index in [1.54, 1.807) is 24.2 Å². The number of aromatic nitrogens is 2. The number of likely N-dealkylation sites (tertiary alicyclic amines) is 1. The second kappa shape index (κ2) is 10.7. The number of allylic oxidation sites excluding steroid dienone is 2. The largest absolute Gasteiger partial charge is 0.465 e. The molecule has 0 bridgehead atoms. The summed E-state index contributed by atoms with van der Waals surface area (Å²) in [4.78, 5) is 34.4. The molecule has 1 fully saturated rings. The molecule has 3 aliphatic heterocycles. The van der Waals surface area contributed by atoms with E-state index < -0.39 is 11.8 Å². The number of fused-ring (bicyclic) bond motifs is 1. The number of rotatable bonds is 7. The van der Waals surface area contributed by atoms with E-state index in [0.717, 1.165) is 31.0 Å². The third-order valence-electron chi connectivity index (χ3n) is 5.77. The first kappa shape index (κ1) is 23.8. The Hall–Kier alpha value is -3.34. The molecule has 2 atom stereocenters. The molecule has 3 aliphatic rings. The Morgan fingerprint density at radius 1 is 1.32 bits per heavy atom. The van der Waals surface area contributed by atoms with E-state index in [2.05, 4.69) is 31.2 Å². The Balaban J connectivity index is 1.42. The van der Waals surface area contributed by atoms with E-state index in [4.69, 9.17) is 16.3 Å². The zero-order chi connectivity index (χ0) is 24.1. The van der Waals surface area contributed by atoms with Crippen LogP contribution >= 0.6 is 11.6 Å². The van der Waals surface area contributed by atoms with Crippen LogP contribution in [0.3, 0.4) is 0 Å². The van der Waals surface area contributed by atoms with Gasteiger partial charge in [-0.25, -0.2) is 19.2 Å². The fraction of sp³-hybridized carbons (Fsp3) is 0.455. The highest BCUT2D eigenvalue weighted by Crippen LogP contribution is 2.31. The molecule has 1 saturated heterocycles. The van der Waals surface area contributed by atoms with Crippen molar-refractivity contribution < 1.29 is 18.7 Å². The fourth-order valence-corrected chi connectivity index (χ4v) is 4.30. The molecule has 12 heteroatoms. The summed E-state index contributed by atoms with van der Waals surface area (Å²) in [6, 6.07) is -0.530. The third-order valence-corrected chi connectivity index (χ3v) is 5.98. The summed E-state index contributed by atoms with van der Waals surface area (Å²) in [5, 5.41) is 12.5. The number of esters is 1. The lowest BCUT2D eigenvalue weighted by Gasteiger charge is -2.35. The van der Waals surface area contributed by atoms with Gasteiger partial charge in [-0.05, 0) is 32.3 Å². The molecule has 2 amide bonds. The quantitative estimate of drug-likeness (QED) is 0.428. The van der Waals surface area contributed by atoms with Crippen molar-refractivity contribution >= 4 is 35.0 Å². The average molecular weight is 492 g/mol. The minimum Gasteiger partial charge on any atom is -0.465 e. The number of carbonyl (C=O) groups is 2. The molecule has 4 heterocycles. The fourth-order valence-electron chi connectivity index (χ4n) is 4.12. The molecule has 182 valence electrons. The summed E-state index contributed by atoms with van der Waals surface area (Å²) in [5.74, 6) is -0.672. The van der Waals surface area contributed by atoms with Gasteiger partial charge >= 0.3 is 12.0 Å². The van der Waals surface area contributed by atoms with Gasteiger partial charge in [-0.2, -0.15) is 0 Å². The number of ether oxygens (including phenoxy) is 1. The van der Waals surface area contributed by atoms with Gasteiger partial charge in [-0.15, -0.1) is 0 Å². The number of hydrogen-bond acceptors (Lipinski definition) is 8. The number of halogens is 2. The number of amides is 2. The lowest BCUT2D eigenvalue weighted by atomic mass is 10.0. The van der Waals surface area contributed by atoms with Crippen molar-refractivity contribution in [2.75, 3.05) is 31.6 Å². The third kappa shape index (κ3) is 5.41. The summed E-state index contributed by atoms with van der Waals surface area (Å²) in [6.45, 7) is 2.62. The van der Waals surface area contributed by atoms with E-state index >= 15 is 0 Å². The van der Waals surface area contributed by atoms with E-state index in [0.29, 0.717) is 29.5 Å². The lowest BCUT2D eigenvalue weighted by molar-refractivity contribution is -0.141. The maximum atomic E-state index is 14.5. The van der Waals surface area contributed by atoms with Gasteiger partial charge in [0, 0.05) is 36.6 Å². The first-order chi connectivity index (χ1) is 16.5. The topological polar surface area (TPSA) is 121 Å². The maximum absolute atomic E-state index is 14.5. The van der Waals surface area contributed by atoms with Crippen molar-refractivity contribution in [3.05, 3.63) is 46.9 Å². The molecule has 10 nitrogen and oxygen atoms in total. The molecular formula is C22H27ClFN7O3. The van der Waals surface area contributed by atoms with Gasteiger partial charge in [0.25, 0.3) is 0 Å². The summed E-state index contributed by atoms with van der Waals surface area (Å²) in [7, 11) is 0. The molecule has 0 spiro atoms. The number of urea groups is 1. The van der Waals surface area contributed by atoms with Gasteiger partial charge in [-0.1, -0.05) is 11.6 Å². The smallest absolute Gasteiger partial charge is 0.325 e. The van der Waals surface area contributed by atoms with Gasteiger partial charge < -0.3 is 30.9 Å². The van der Waals surface area contributed by atoms with E-state index in [1.165, 1.54) is 0 Å². The molecule has 0 saturated carbocycles. The Labute approximate surface area is 201 Å². The average Bonchev–Trinajstić information content (AvgIpc) is 3.25. The van der Waals surface area contributed by atoms with Crippen molar-refractivity contribution in [2.24, 2.45) is 0 Å². The SMILES string of the molecule is CCOC(=O)CNC(=O)N1CCCC[C@@H]1CNc1nc(C2=CNC3NC=C(Cl)C=C23)ncc1F. The predicted molar refractivity (Wildman–Crippen MR) is 125 cm³/mol. The highest BCUT2D eigenvalue weighted by atomic mass is 35.5. The molecule has 4 rings (SSSR count). The molecule has 0 aliphatic carbocycles. The van der Waals surface area contributed by atoms with Crippen molar-refractivity contribution in [1.29, 1.82) is 0 Å². The van der Waals surface area contributed by atoms with E-state index in [1.807, 2.05) is 6.08 Å². The van der Waals surface area contributed by atoms with Gasteiger partial charge in [-0.3, -0.25) is 4.79 Å². The molecule has 0 aromatic carbocycles. The first-order valence-corrected chi connectivity index (χ1v) is 11.6. The number of piperidine rings is 1. The standard InChI is InChI=1S/C22H27ClFN7O3/c1-2-34-18(32)12-29-22(33)31-6-4-3-5-14(31)9-26-21-17(24)11-28-20(30-21)16-10-27-19-15(16)7-13(23)8-25-19/h7-8,10-11,14,19,25,27H,2-6,9,12H2,1H3,(H,29,33)(H,26,28,30)/t14-,19?/m1/s1. The highest BCUT2D eigenvalue weighted by Gasteiger charge is 2.29. The molecular weight excluding hydrogens is 465 g/mol. The zero-order valence-electron chi connectivity index (χ0n) is 18.7. The molecule has 1 aromatic rings. The number of carbonyl (C=O) groups excluding carboxylic acids is 2. The number of nitrogens with one attached hydrogen (secondary N) is 4. The zero-order valence-corrected chi connectivity index (χ0v) is 19.5. The molecule has 1 unspecified atom stereocenters. The van der Waals surface area contributed by atoms with Crippen LogP contribution in [0.4, 0.5) is 15.0 Å². The number of hydrogen-bond donors (Lipinski definition) is 4. The van der Waals surface area contributed by atoms with Crippen LogP contribution in [0.2, 0.25) is 0 Å². The predicted octanol–water partition coefficient (Wildman–Crippen LogP) is 2.03. The number of nitrogens with zero attached hydrogens (tertiary/aromatic N) is 3. The maximum Gasteiger partial charge on any atom is 0.325 e. The van der Waals surface area contributed by atoms with Crippen LogP contribution in [-0.2, 0) is 9.53 Å². The second-order valence-electron chi connectivity index (χ2n) is 8.03. The Kier molecular flexibility index (Phi) is 7.51. The van der Waals surface area contributed by atoms with Gasteiger partial charge in [0.1, 0.15) is 12.7 Å². The van der Waals surface area contributed by atoms with Crippen molar-refractivity contribution in [1.82, 2.24) is 30.8 Å². The van der Waals surface area contributed by atoms with Crippen molar-refractivity contribution in [3.8, 4) is 0 Å². The minimum absolute atomic E-state index is 0.0535. The molecule has 1 aromatic heterocycles. The van der Waals surface area contributed by atoms with E-state index in [9.17, 15) is 14.0 Å². The van der Waals surface area contributed by atoms with Gasteiger partial charge in [0.05, 0.1) is 23.9 Å². The Morgan fingerprint density at radius 3 is 2.97 bits per heavy atom. The van der Waals surface area contributed by atoms with Gasteiger partial charge in [0.15, 0.2) is 17.5 Å². The molecule has 34 heavy (non-hydrogen) atoms. The molecule has 0 radical (unpaired) electrons. The lowest BCUT2D eigenvalue weighted by Crippen LogP contribution is -2.52. The Morgan fingerprint density at radius 2 is 2.15 bits per heavy atom. The highest BCUT2D eigenvalue weighted by molar-refractivity contribution is 6.31.